The molecule has 2 aromatic heterocycles. The first kappa shape index (κ1) is 19.4. The normalized spacial score (nSPS) is 10.5. The predicted octanol–water partition coefficient (Wildman–Crippen LogP) is 4.21. The fraction of sp³-hybridized carbons (Fsp3) is 0.211. The quantitative estimate of drug-likeness (QED) is 0.473. The summed E-state index contributed by atoms with van der Waals surface area (Å²) in [6.45, 7) is 5.78. The summed E-state index contributed by atoms with van der Waals surface area (Å²) >= 11 is 1.26. The highest BCUT2D eigenvalue weighted by Gasteiger charge is 2.13. The number of pyridine rings is 1. The van der Waals surface area contributed by atoms with Crippen LogP contribution in [0.5, 0.6) is 0 Å². The zero-order valence-electron chi connectivity index (χ0n) is 15.5. The van der Waals surface area contributed by atoms with E-state index in [2.05, 4.69) is 20.2 Å². The second-order valence-electron chi connectivity index (χ2n) is 5.88. The van der Waals surface area contributed by atoms with Crippen LogP contribution in [-0.4, -0.2) is 33.9 Å². The van der Waals surface area contributed by atoms with Crippen molar-refractivity contribution >= 4 is 33.9 Å². The third-order valence-electron chi connectivity index (χ3n) is 4.17. The standard InChI is InChI=1S/C19H19N5O3S/c1-3-23(4-2)17-9-8-14(11-20-17)18(25)22-19-21-16(12-28-19)13-6-5-7-15(10-13)24(26)27/h5-12H,3-4H2,1-2H3,(H,21,22,25). The second kappa shape index (κ2) is 8.57. The first-order chi connectivity index (χ1) is 13.5. The summed E-state index contributed by atoms with van der Waals surface area (Å²) in [7, 11) is 0. The molecular weight excluding hydrogens is 378 g/mol. The van der Waals surface area contributed by atoms with Gasteiger partial charge in [-0.2, -0.15) is 0 Å². The molecule has 3 aromatic rings. The molecule has 3 rings (SSSR count). The number of aromatic nitrogens is 2. The summed E-state index contributed by atoms with van der Waals surface area (Å²) in [6.07, 6.45) is 1.54. The average Bonchev–Trinajstić information content (AvgIpc) is 3.18. The Morgan fingerprint density at radius 1 is 1.25 bits per heavy atom. The van der Waals surface area contributed by atoms with Gasteiger partial charge in [-0.1, -0.05) is 12.1 Å². The maximum atomic E-state index is 12.4. The number of hydrogen-bond acceptors (Lipinski definition) is 7. The number of nitro groups is 1. The highest BCUT2D eigenvalue weighted by atomic mass is 32.1. The van der Waals surface area contributed by atoms with Gasteiger partial charge in [-0.05, 0) is 26.0 Å². The van der Waals surface area contributed by atoms with E-state index in [0.717, 1.165) is 18.9 Å². The average molecular weight is 397 g/mol. The van der Waals surface area contributed by atoms with Crippen molar-refractivity contribution in [3.63, 3.8) is 0 Å². The van der Waals surface area contributed by atoms with Crippen LogP contribution in [0, 0.1) is 10.1 Å². The molecule has 1 N–H and O–H groups in total. The summed E-state index contributed by atoms with van der Waals surface area (Å²) in [5, 5.41) is 15.8. The molecule has 0 atom stereocenters. The smallest absolute Gasteiger partial charge is 0.270 e. The zero-order chi connectivity index (χ0) is 20.1. The number of nitrogens with zero attached hydrogens (tertiary/aromatic N) is 4. The highest BCUT2D eigenvalue weighted by molar-refractivity contribution is 7.14. The van der Waals surface area contributed by atoms with Crippen molar-refractivity contribution in [2.24, 2.45) is 0 Å². The number of amides is 1. The summed E-state index contributed by atoms with van der Waals surface area (Å²) in [5.74, 6) is 0.516. The van der Waals surface area contributed by atoms with Crippen molar-refractivity contribution in [3.8, 4) is 11.3 Å². The van der Waals surface area contributed by atoms with Crippen LogP contribution in [0.4, 0.5) is 16.6 Å². The summed E-state index contributed by atoms with van der Waals surface area (Å²) < 4.78 is 0. The van der Waals surface area contributed by atoms with Crippen molar-refractivity contribution in [2.75, 3.05) is 23.3 Å². The molecule has 0 radical (unpaired) electrons. The number of nitro benzene ring substituents is 1. The van der Waals surface area contributed by atoms with Gasteiger partial charge >= 0.3 is 0 Å². The third kappa shape index (κ3) is 4.32. The largest absolute Gasteiger partial charge is 0.357 e. The number of rotatable bonds is 7. The van der Waals surface area contributed by atoms with Crippen molar-refractivity contribution in [1.82, 2.24) is 9.97 Å². The van der Waals surface area contributed by atoms with Crippen LogP contribution in [0.3, 0.4) is 0 Å². The van der Waals surface area contributed by atoms with Crippen LogP contribution in [-0.2, 0) is 0 Å². The topological polar surface area (TPSA) is 101 Å². The van der Waals surface area contributed by atoms with Gasteiger partial charge < -0.3 is 4.90 Å². The minimum atomic E-state index is -0.451. The number of anilines is 2. The molecule has 0 aliphatic heterocycles. The summed E-state index contributed by atoms with van der Waals surface area (Å²) in [5.41, 5.74) is 1.62. The van der Waals surface area contributed by atoms with Gasteiger partial charge in [0.25, 0.3) is 11.6 Å². The molecular formula is C19H19N5O3S. The maximum Gasteiger partial charge on any atom is 0.270 e. The first-order valence-electron chi connectivity index (χ1n) is 8.74. The van der Waals surface area contributed by atoms with Crippen LogP contribution in [0.15, 0.2) is 48.0 Å². The van der Waals surface area contributed by atoms with Crippen molar-refractivity contribution in [3.05, 3.63) is 63.7 Å². The maximum absolute atomic E-state index is 12.4. The Balaban J connectivity index is 1.72. The van der Waals surface area contributed by atoms with Crippen LogP contribution in [0.25, 0.3) is 11.3 Å². The molecule has 0 aliphatic carbocycles. The number of carbonyl (C=O) groups is 1. The van der Waals surface area contributed by atoms with E-state index in [9.17, 15) is 14.9 Å². The Labute approximate surface area is 166 Å². The lowest BCUT2D eigenvalue weighted by Gasteiger charge is -2.19. The lowest BCUT2D eigenvalue weighted by molar-refractivity contribution is -0.384. The van der Waals surface area contributed by atoms with E-state index in [0.29, 0.717) is 22.0 Å². The second-order valence-corrected chi connectivity index (χ2v) is 6.73. The first-order valence-corrected chi connectivity index (χ1v) is 9.62. The van der Waals surface area contributed by atoms with Gasteiger partial charge in [-0.15, -0.1) is 11.3 Å². The van der Waals surface area contributed by atoms with E-state index in [1.807, 2.05) is 19.9 Å². The molecule has 28 heavy (non-hydrogen) atoms. The van der Waals surface area contributed by atoms with Crippen molar-refractivity contribution in [1.29, 1.82) is 0 Å². The SMILES string of the molecule is CCN(CC)c1ccc(C(=O)Nc2nc(-c3cccc([N+](=O)[O-])c3)cs2)cn1. The number of non-ortho nitro benzene ring substituents is 1. The van der Waals surface area contributed by atoms with E-state index in [1.165, 1.54) is 29.7 Å². The Kier molecular flexibility index (Phi) is 5.95. The van der Waals surface area contributed by atoms with E-state index in [-0.39, 0.29) is 11.6 Å². The number of hydrogen-bond donors (Lipinski definition) is 1. The Hall–Kier alpha value is -3.33. The summed E-state index contributed by atoms with van der Waals surface area (Å²) in [6, 6.07) is 9.77. The van der Waals surface area contributed by atoms with Crippen LogP contribution < -0.4 is 10.2 Å². The molecule has 0 saturated heterocycles. The third-order valence-corrected chi connectivity index (χ3v) is 4.93. The minimum Gasteiger partial charge on any atom is -0.357 e. The molecule has 2 heterocycles. The van der Waals surface area contributed by atoms with Crippen molar-refractivity contribution in [2.45, 2.75) is 13.8 Å². The van der Waals surface area contributed by atoms with Gasteiger partial charge in [0.1, 0.15) is 5.82 Å². The van der Waals surface area contributed by atoms with Gasteiger partial charge in [0.2, 0.25) is 0 Å². The molecule has 0 spiro atoms. The summed E-state index contributed by atoms with van der Waals surface area (Å²) in [4.78, 5) is 33.7. The molecule has 0 bridgehead atoms. The lowest BCUT2D eigenvalue weighted by atomic mass is 10.1. The minimum absolute atomic E-state index is 0.00421. The van der Waals surface area contributed by atoms with Crippen LogP contribution in [0.1, 0.15) is 24.2 Å². The fourth-order valence-corrected chi connectivity index (χ4v) is 3.38. The molecule has 1 aromatic carbocycles. The van der Waals surface area contributed by atoms with Crippen LogP contribution >= 0.6 is 11.3 Å². The van der Waals surface area contributed by atoms with Gasteiger partial charge in [0, 0.05) is 42.4 Å². The monoisotopic (exact) mass is 397 g/mol. The molecule has 0 fully saturated rings. The van der Waals surface area contributed by atoms with Crippen molar-refractivity contribution < 1.29 is 9.72 Å². The Bertz CT molecular complexity index is 983. The molecule has 0 unspecified atom stereocenters. The number of benzene rings is 1. The van der Waals surface area contributed by atoms with Gasteiger partial charge in [-0.3, -0.25) is 20.2 Å². The van der Waals surface area contributed by atoms with E-state index in [1.54, 1.807) is 23.6 Å². The molecule has 1 amide bonds. The van der Waals surface area contributed by atoms with Gasteiger partial charge in [-0.25, -0.2) is 9.97 Å². The van der Waals surface area contributed by atoms with E-state index >= 15 is 0 Å². The predicted molar refractivity (Wildman–Crippen MR) is 110 cm³/mol. The lowest BCUT2D eigenvalue weighted by Crippen LogP contribution is -2.23. The molecule has 9 heteroatoms. The van der Waals surface area contributed by atoms with Crippen LogP contribution in [0.2, 0.25) is 0 Å². The molecule has 0 aliphatic rings. The molecule has 8 nitrogen and oxygen atoms in total. The number of thiazole rings is 1. The molecule has 144 valence electrons. The van der Waals surface area contributed by atoms with Gasteiger partial charge in [0.15, 0.2) is 5.13 Å². The zero-order valence-corrected chi connectivity index (χ0v) is 16.3. The number of nitrogens with one attached hydrogen (secondary N) is 1. The Morgan fingerprint density at radius 2 is 2.04 bits per heavy atom. The van der Waals surface area contributed by atoms with Gasteiger partial charge in [0.05, 0.1) is 16.2 Å². The fourth-order valence-electron chi connectivity index (χ4n) is 2.67. The van der Waals surface area contributed by atoms with E-state index < -0.39 is 4.92 Å². The highest BCUT2D eigenvalue weighted by Crippen LogP contribution is 2.27. The molecule has 0 saturated carbocycles. The van der Waals surface area contributed by atoms with E-state index in [4.69, 9.17) is 0 Å². The Morgan fingerprint density at radius 3 is 2.68 bits per heavy atom. The number of carbonyl (C=O) groups excluding carboxylic acids is 1.